The molecule has 0 radical (unpaired) electrons. The molecule has 1 aliphatic heterocycles. The van der Waals surface area contributed by atoms with Crippen molar-refractivity contribution in [3.63, 3.8) is 0 Å². The lowest BCUT2D eigenvalue weighted by molar-refractivity contribution is 0.0453. The number of nitrogens with zero attached hydrogens (tertiary/aromatic N) is 1. The number of hydrogen-bond donors (Lipinski definition) is 2. The maximum atomic E-state index is 9.87. The van der Waals surface area contributed by atoms with Crippen LogP contribution in [0.4, 0.5) is 0 Å². The van der Waals surface area contributed by atoms with Gasteiger partial charge in [-0.3, -0.25) is 4.90 Å². The number of benzene rings is 1. The zero-order chi connectivity index (χ0) is 13.0. The van der Waals surface area contributed by atoms with Crippen molar-refractivity contribution in [2.75, 3.05) is 32.8 Å². The van der Waals surface area contributed by atoms with Gasteiger partial charge in [-0.15, -0.1) is 0 Å². The predicted octanol–water partition coefficient (Wildman–Crippen LogP) is 1.84. The minimum absolute atomic E-state index is 0.105. The number of aliphatic hydroxyl groups excluding tert-OH is 1. The van der Waals surface area contributed by atoms with Crippen LogP contribution in [0.2, 0.25) is 5.02 Å². The highest BCUT2D eigenvalue weighted by molar-refractivity contribution is 6.30. The average molecular weight is 269 g/mol. The molecule has 3 nitrogen and oxygen atoms in total. The molecule has 1 aromatic carbocycles. The van der Waals surface area contributed by atoms with Crippen LogP contribution in [0.15, 0.2) is 24.3 Å². The van der Waals surface area contributed by atoms with E-state index in [2.05, 4.69) is 17.1 Å². The van der Waals surface area contributed by atoms with Gasteiger partial charge in [0.05, 0.1) is 12.1 Å². The fraction of sp³-hybridized carbons (Fsp3) is 0.571. The Kier molecular flexibility index (Phi) is 4.62. The second-order valence-electron chi connectivity index (χ2n) is 5.03. The molecule has 1 unspecified atom stereocenters. The molecule has 0 bridgehead atoms. The van der Waals surface area contributed by atoms with Crippen LogP contribution in [0.25, 0.3) is 0 Å². The third kappa shape index (κ3) is 2.86. The molecule has 1 heterocycles. The zero-order valence-electron chi connectivity index (χ0n) is 10.8. The number of nitrogens with one attached hydrogen (secondary N) is 1. The van der Waals surface area contributed by atoms with E-state index in [1.165, 1.54) is 0 Å². The first-order valence-corrected chi connectivity index (χ1v) is 6.87. The molecule has 4 heteroatoms. The van der Waals surface area contributed by atoms with Crippen molar-refractivity contribution in [3.05, 3.63) is 34.9 Å². The molecule has 18 heavy (non-hydrogen) atoms. The fourth-order valence-corrected chi connectivity index (χ4v) is 2.73. The van der Waals surface area contributed by atoms with Crippen molar-refractivity contribution in [1.82, 2.24) is 10.2 Å². The van der Waals surface area contributed by atoms with Crippen LogP contribution in [0.1, 0.15) is 18.9 Å². The third-order valence-electron chi connectivity index (χ3n) is 3.79. The third-order valence-corrected chi connectivity index (χ3v) is 4.03. The molecule has 1 fully saturated rings. The van der Waals surface area contributed by atoms with Gasteiger partial charge in [0.2, 0.25) is 0 Å². The first kappa shape index (κ1) is 13.8. The maximum Gasteiger partial charge on any atom is 0.0666 e. The molecule has 0 aliphatic carbocycles. The first-order valence-electron chi connectivity index (χ1n) is 6.49. The van der Waals surface area contributed by atoms with Crippen LogP contribution < -0.4 is 5.32 Å². The normalized spacial score (nSPS) is 21.3. The van der Waals surface area contributed by atoms with Crippen molar-refractivity contribution in [3.8, 4) is 0 Å². The SMILES string of the molecule is CC(CO)(c1cccc(Cl)c1)N1CCCNCC1. The second-order valence-corrected chi connectivity index (χ2v) is 5.47. The van der Waals surface area contributed by atoms with E-state index >= 15 is 0 Å². The van der Waals surface area contributed by atoms with Gasteiger partial charge in [-0.05, 0) is 37.6 Å². The minimum Gasteiger partial charge on any atom is -0.394 e. The van der Waals surface area contributed by atoms with Gasteiger partial charge in [-0.2, -0.15) is 0 Å². The summed E-state index contributed by atoms with van der Waals surface area (Å²) in [6.07, 6.45) is 1.11. The van der Waals surface area contributed by atoms with E-state index in [0.717, 1.165) is 43.2 Å². The molecule has 2 rings (SSSR count). The molecular formula is C14H21ClN2O. The monoisotopic (exact) mass is 268 g/mol. The van der Waals surface area contributed by atoms with Crippen molar-refractivity contribution < 1.29 is 5.11 Å². The first-order chi connectivity index (χ1) is 8.66. The number of hydrogen-bond acceptors (Lipinski definition) is 3. The van der Waals surface area contributed by atoms with E-state index in [1.54, 1.807) is 0 Å². The van der Waals surface area contributed by atoms with Crippen LogP contribution in [0, 0.1) is 0 Å². The summed E-state index contributed by atoms with van der Waals surface area (Å²) in [4.78, 5) is 2.35. The van der Waals surface area contributed by atoms with Gasteiger partial charge in [0, 0.05) is 24.7 Å². The number of aliphatic hydroxyl groups is 1. The molecule has 100 valence electrons. The van der Waals surface area contributed by atoms with Gasteiger partial charge in [-0.1, -0.05) is 23.7 Å². The summed E-state index contributed by atoms with van der Waals surface area (Å²) in [5, 5.41) is 14.0. The lowest BCUT2D eigenvalue weighted by Crippen LogP contribution is -2.48. The molecular weight excluding hydrogens is 248 g/mol. The van der Waals surface area contributed by atoms with E-state index < -0.39 is 0 Å². The Balaban J connectivity index is 2.28. The quantitative estimate of drug-likeness (QED) is 0.878. The smallest absolute Gasteiger partial charge is 0.0666 e. The largest absolute Gasteiger partial charge is 0.394 e. The van der Waals surface area contributed by atoms with Crippen LogP contribution in [0.5, 0.6) is 0 Å². The number of halogens is 1. The lowest BCUT2D eigenvalue weighted by atomic mass is 9.90. The van der Waals surface area contributed by atoms with Gasteiger partial charge in [0.25, 0.3) is 0 Å². The van der Waals surface area contributed by atoms with Crippen molar-refractivity contribution >= 4 is 11.6 Å². The highest BCUT2D eigenvalue weighted by atomic mass is 35.5. The van der Waals surface area contributed by atoms with Gasteiger partial charge < -0.3 is 10.4 Å². The summed E-state index contributed by atoms with van der Waals surface area (Å²) < 4.78 is 0. The Morgan fingerprint density at radius 1 is 1.39 bits per heavy atom. The van der Waals surface area contributed by atoms with Crippen LogP contribution >= 0.6 is 11.6 Å². The Morgan fingerprint density at radius 2 is 2.22 bits per heavy atom. The van der Waals surface area contributed by atoms with Gasteiger partial charge >= 0.3 is 0 Å². The molecule has 0 amide bonds. The fourth-order valence-electron chi connectivity index (χ4n) is 2.54. The Morgan fingerprint density at radius 3 is 2.94 bits per heavy atom. The van der Waals surface area contributed by atoms with Crippen LogP contribution in [0.3, 0.4) is 0 Å². The van der Waals surface area contributed by atoms with E-state index in [1.807, 2.05) is 24.3 Å². The van der Waals surface area contributed by atoms with E-state index in [0.29, 0.717) is 0 Å². The van der Waals surface area contributed by atoms with E-state index in [4.69, 9.17) is 11.6 Å². The highest BCUT2D eigenvalue weighted by Crippen LogP contribution is 2.30. The topological polar surface area (TPSA) is 35.5 Å². The Hall–Kier alpha value is -0.610. The Labute approximate surface area is 114 Å². The van der Waals surface area contributed by atoms with Crippen LogP contribution in [-0.2, 0) is 5.54 Å². The molecule has 0 aromatic heterocycles. The summed E-state index contributed by atoms with van der Waals surface area (Å²) in [6, 6.07) is 7.81. The number of rotatable bonds is 3. The minimum atomic E-state index is -0.350. The Bertz CT molecular complexity index is 391. The van der Waals surface area contributed by atoms with Crippen molar-refractivity contribution in [1.29, 1.82) is 0 Å². The summed E-state index contributed by atoms with van der Waals surface area (Å²) in [5.41, 5.74) is 0.733. The van der Waals surface area contributed by atoms with E-state index in [9.17, 15) is 5.11 Å². The van der Waals surface area contributed by atoms with Gasteiger partial charge in [0.1, 0.15) is 0 Å². The maximum absolute atomic E-state index is 9.87. The molecule has 1 saturated heterocycles. The second kappa shape index (κ2) is 6.02. The van der Waals surface area contributed by atoms with Gasteiger partial charge in [-0.25, -0.2) is 0 Å². The predicted molar refractivity (Wildman–Crippen MR) is 74.9 cm³/mol. The van der Waals surface area contributed by atoms with E-state index in [-0.39, 0.29) is 12.1 Å². The van der Waals surface area contributed by atoms with Gasteiger partial charge in [0.15, 0.2) is 0 Å². The molecule has 1 aromatic rings. The zero-order valence-corrected chi connectivity index (χ0v) is 11.6. The molecule has 2 N–H and O–H groups in total. The standard InChI is InChI=1S/C14H21ClN2O/c1-14(11-18,12-4-2-5-13(15)10-12)17-8-3-6-16-7-9-17/h2,4-5,10,16,18H,3,6-9,11H2,1H3. The summed E-state index contributed by atoms with van der Waals surface area (Å²) in [7, 11) is 0. The summed E-state index contributed by atoms with van der Waals surface area (Å²) in [6.45, 7) is 6.15. The molecule has 0 saturated carbocycles. The molecule has 1 aliphatic rings. The van der Waals surface area contributed by atoms with Crippen LogP contribution in [-0.4, -0.2) is 42.8 Å². The average Bonchev–Trinajstić information content (AvgIpc) is 2.67. The summed E-state index contributed by atoms with van der Waals surface area (Å²) in [5.74, 6) is 0. The summed E-state index contributed by atoms with van der Waals surface area (Å²) >= 11 is 6.07. The molecule has 0 spiro atoms. The highest BCUT2D eigenvalue weighted by Gasteiger charge is 2.33. The van der Waals surface area contributed by atoms with Crippen molar-refractivity contribution in [2.45, 2.75) is 18.9 Å². The molecule has 1 atom stereocenters. The lowest BCUT2D eigenvalue weighted by Gasteiger charge is -2.40. The van der Waals surface area contributed by atoms with Crippen molar-refractivity contribution in [2.24, 2.45) is 0 Å².